The van der Waals surface area contributed by atoms with Crippen molar-refractivity contribution in [3.8, 4) is 11.1 Å². The van der Waals surface area contributed by atoms with Crippen LogP contribution in [0.4, 0.5) is 24.7 Å². The largest absolute Gasteiger partial charge is 0.349 e. The van der Waals surface area contributed by atoms with E-state index in [1.165, 1.54) is 29.6 Å². The number of amides is 1. The van der Waals surface area contributed by atoms with E-state index in [-0.39, 0.29) is 41.6 Å². The number of rotatable bonds is 5. The smallest absolute Gasteiger partial charge is 0.275 e. The Morgan fingerprint density at radius 2 is 1.88 bits per heavy atom. The van der Waals surface area contributed by atoms with E-state index in [1.54, 1.807) is 24.3 Å². The van der Waals surface area contributed by atoms with Crippen LogP contribution in [-0.2, 0) is 0 Å². The highest BCUT2D eigenvalue weighted by molar-refractivity contribution is 6.07. The average molecular weight is 441 g/mol. The summed E-state index contributed by atoms with van der Waals surface area (Å²) in [6.07, 6.45) is 3.96. The van der Waals surface area contributed by atoms with Gasteiger partial charge in [0.1, 0.15) is 11.5 Å². The van der Waals surface area contributed by atoms with Gasteiger partial charge in [-0.25, -0.2) is 23.1 Å². The van der Waals surface area contributed by atoms with Crippen LogP contribution in [-0.4, -0.2) is 39.9 Å². The summed E-state index contributed by atoms with van der Waals surface area (Å²) in [5, 5.41) is 2.72. The number of alkyl halides is 2. The van der Waals surface area contributed by atoms with E-state index >= 15 is 0 Å². The Bertz CT molecular complexity index is 1130. The molecule has 166 valence electrons. The molecule has 1 aromatic carbocycles. The van der Waals surface area contributed by atoms with Crippen molar-refractivity contribution in [3.05, 3.63) is 66.1 Å². The normalized spacial score (nSPS) is 15.2. The molecule has 1 amide bonds. The van der Waals surface area contributed by atoms with Gasteiger partial charge in [-0.3, -0.25) is 9.78 Å². The van der Waals surface area contributed by atoms with E-state index in [0.29, 0.717) is 5.56 Å². The molecule has 0 saturated carbocycles. The number of pyridine rings is 1. The second-order valence-electron chi connectivity index (χ2n) is 8.00. The number of carbonyl (C=O) groups excluding carboxylic acids is 1. The number of benzene rings is 1. The lowest BCUT2D eigenvalue weighted by Crippen LogP contribution is -2.27. The molecule has 9 heteroatoms. The van der Waals surface area contributed by atoms with Crippen LogP contribution in [0.25, 0.3) is 11.1 Å². The summed E-state index contributed by atoms with van der Waals surface area (Å²) in [5.74, 6) is -3.66. The number of carbonyl (C=O) groups is 1. The molecule has 4 rings (SSSR count). The zero-order chi connectivity index (χ0) is 22.9. The number of aromatic nitrogens is 3. The minimum atomic E-state index is -2.87. The maximum absolute atomic E-state index is 14.6. The number of halogens is 3. The van der Waals surface area contributed by atoms with Gasteiger partial charge < -0.3 is 10.2 Å². The van der Waals surface area contributed by atoms with Crippen molar-refractivity contribution in [1.29, 1.82) is 0 Å². The number of nitrogens with one attached hydrogen (secondary N) is 1. The van der Waals surface area contributed by atoms with Crippen molar-refractivity contribution >= 4 is 17.4 Å². The molecule has 0 unspecified atom stereocenters. The zero-order valence-corrected chi connectivity index (χ0v) is 17.6. The van der Waals surface area contributed by atoms with Crippen LogP contribution in [0.2, 0.25) is 0 Å². The van der Waals surface area contributed by atoms with Crippen LogP contribution in [0.5, 0.6) is 0 Å². The number of nitrogens with zero attached hydrogens (tertiary/aromatic N) is 4. The van der Waals surface area contributed by atoms with Gasteiger partial charge in [-0.05, 0) is 18.1 Å². The first-order valence-electron chi connectivity index (χ1n) is 10.2. The molecule has 2 aromatic heterocycles. The molecule has 32 heavy (non-hydrogen) atoms. The fourth-order valence-corrected chi connectivity index (χ4v) is 3.57. The molecular weight excluding hydrogens is 419 g/mol. The maximum atomic E-state index is 14.6. The first kappa shape index (κ1) is 21.7. The second kappa shape index (κ2) is 8.57. The molecule has 1 saturated heterocycles. The maximum Gasteiger partial charge on any atom is 0.275 e. The van der Waals surface area contributed by atoms with Crippen LogP contribution in [0.3, 0.4) is 0 Å². The average Bonchev–Trinajstić information content (AvgIpc) is 3.14. The van der Waals surface area contributed by atoms with E-state index in [9.17, 15) is 18.0 Å². The lowest BCUT2D eigenvalue weighted by atomic mass is 10.0. The first-order chi connectivity index (χ1) is 15.2. The van der Waals surface area contributed by atoms with Crippen LogP contribution >= 0.6 is 0 Å². The molecular formula is C23H22F3N5O. The third kappa shape index (κ3) is 4.42. The lowest BCUT2D eigenvalue weighted by molar-refractivity contribution is 0.0257. The molecule has 6 nitrogen and oxygen atoms in total. The summed E-state index contributed by atoms with van der Waals surface area (Å²) in [7, 11) is 0. The summed E-state index contributed by atoms with van der Waals surface area (Å²) < 4.78 is 42.4. The Morgan fingerprint density at radius 1 is 1.09 bits per heavy atom. The van der Waals surface area contributed by atoms with Crippen LogP contribution in [0, 0.1) is 5.82 Å². The minimum absolute atomic E-state index is 0.0513. The first-order valence-corrected chi connectivity index (χ1v) is 10.2. The van der Waals surface area contributed by atoms with Crippen molar-refractivity contribution in [2.75, 3.05) is 23.3 Å². The molecule has 1 aliphatic heterocycles. The second-order valence-corrected chi connectivity index (χ2v) is 8.00. The Kier molecular flexibility index (Phi) is 5.82. The molecule has 1 fully saturated rings. The molecule has 0 bridgehead atoms. The Hall–Kier alpha value is -3.49. The van der Waals surface area contributed by atoms with Crippen molar-refractivity contribution < 1.29 is 18.0 Å². The van der Waals surface area contributed by atoms with Crippen molar-refractivity contribution in [2.45, 2.75) is 32.1 Å². The predicted molar refractivity (Wildman–Crippen MR) is 115 cm³/mol. The SMILES string of the molecule is CC(C)c1cnc(C(=O)Nc2c(-c3ccccc3F)ccnc2N2CCC(F)(F)C2)cn1. The molecule has 3 heterocycles. The van der Waals surface area contributed by atoms with E-state index < -0.39 is 24.2 Å². The molecule has 0 aliphatic carbocycles. The van der Waals surface area contributed by atoms with E-state index in [2.05, 4.69) is 20.3 Å². The summed E-state index contributed by atoms with van der Waals surface area (Å²) in [6, 6.07) is 7.59. The van der Waals surface area contributed by atoms with Crippen LogP contribution in [0.15, 0.2) is 48.9 Å². The van der Waals surface area contributed by atoms with E-state index in [1.807, 2.05) is 13.8 Å². The van der Waals surface area contributed by atoms with Gasteiger partial charge in [-0.1, -0.05) is 32.0 Å². The van der Waals surface area contributed by atoms with Crippen molar-refractivity contribution in [1.82, 2.24) is 15.0 Å². The van der Waals surface area contributed by atoms with Gasteiger partial charge in [-0.2, -0.15) is 0 Å². The molecule has 0 spiro atoms. The summed E-state index contributed by atoms with van der Waals surface area (Å²) >= 11 is 0. The Morgan fingerprint density at radius 3 is 2.50 bits per heavy atom. The quantitative estimate of drug-likeness (QED) is 0.610. The fraction of sp³-hybridized carbons (Fsp3) is 0.304. The monoisotopic (exact) mass is 441 g/mol. The van der Waals surface area contributed by atoms with Gasteiger partial charge >= 0.3 is 0 Å². The third-order valence-corrected chi connectivity index (χ3v) is 5.30. The Labute approximate surface area is 183 Å². The van der Waals surface area contributed by atoms with Gasteiger partial charge in [0.25, 0.3) is 11.8 Å². The molecule has 0 radical (unpaired) electrons. The highest BCUT2D eigenvalue weighted by Crippen LogP contribution is 2.39. The van der Waals surface area contributed by atoms with Crippen molar-refractivity contribution in [3.63, 3.8) is 0 Å². The van der Waals surface area contributed by atoms with Crippen LogP contribution in [0.1, 0.15) is 42.4 Å². The van der Waals surface area contributed by atoms with Crippen molar-refractivity contribution in [2.24, 2.45) is 0 Å². The number of anilines is 2. The van der Waals surface area contributed by atoms with Gasteiger partial charge in [0.15, 0.2) is 5.82 Å². The standard InChI is InChI=1S/C23H22F3N5O/c1-14(2)18-11-29-19(12-28-18)22(32)30-20-16(15-5-3-4-6-17(15)24)7-9-27-21(20)31-10-8-23(25,26)13-31/h3-7,9,11-12,14H,8,10,13H2,1-2H3,(H,30,32). The van der Waals surface area contributed by atoms with E-state index in [0.717, 1.165) is 5.69 Å². The minimum Gasteiger partial charge on any atom is -0.349 e. The third-order valence-electron chi connectivity index (χ3n) is 5.30. The molecule has 0 atom stereocenters. The highest BCUT2D eigenvalue weighted by Gasteiger charge is 2.40. The lowest BCUT2D eigenvalue weighted by Gasteiger charge is -2.23. The summed E-state index contributed by atoms with van der Waals surface area (Å²) in [5.41, 5.74) is 1.49. The topological polar surface area (TPSA) is 71.0 Å². The molecule has 1 N–H and O–H groups in total. The number of hydrogen-bond donors (Lipinski definition) is 1. The molecule has 1 aliphatic rings. The zero-order valence-electron chi connectivity index (χ0n) is 17.6. The van der Waals surface area contributed by atoms with Gasteiger partial charge in [0, 0.05) is 36.5 Å². The van der Waals surface area contributed by atoms with Gasteiger partial charge in [0.2, 0.25) is 0 Å². The highest BCUT2D eigenvalue weighted by atomic mass is 19.3. The van der Waals surface area contributed by atoms with Gasteiger partial charge in [-0.15, -0.1) is 0 Å². The van der Waals surface area contributed by atoms with Gasteiger partial charge in [0.05, 0.1) is 24.1 Å². The summed E-state index contributed by atoms with van der Waals surface area (Å²) in [6.45, 7) is 3.44. The predicted octanol–water partition coefficient (Wildman–Crippen LogP) is 4.90. The fourth-order valence-electron chi connectivity index (χ4n) is 3.57. The van der Waals surface area contributed by atoms with Crippen LogP contribution < -0.4 is 10.2 Å². The Balaban J connectivity index is 1.76. The number of hydrogen-bond acceptors (Lipinski definition) is 5. The summed E-state index contributed by atoms with van der Waals surface area (Å²) in [4.78, 5) is 27.0. The molecule has 3 aromatic rings. The van der Waals surface area contributed by atoms with E-state index in [4.69, 9.17) is 0 Å².